The number of halogens is 1. The third-order valence-corrected chi connectivity index (χ3v) is 2.60. The van der Waals surface area contributed by atoms with Crippen LogP contribution in [0.5, 0.6) is 0 Å². The molecule has 0 bridgehead atoms. The molecule has 1 aromatic rings. The van der Waals surface area contributed by atoms with Crippen molar-refractivity contribution in [3.05, 3.63) is 22.8 Å². The molecule has 1 aromatic heterocycles. The van der Waals surface area contributed by atoms with Crippen molar-refractivity contribution in [3.8, 4) is 0 Å². The SMILES string of the molecule is CCC(CN)C(=O)Nc1ccc(Br)cn1. The highest BCUT2D eigenvalue weighted by Crippen LogP contribution is 2.11. The third-order valence-electron chi connectivity index (χ3n) is 2.13. The minimum atomic E-state index is -0.143. The molecular formula is C10H14BrN3O. The van der Waals surface area contributed by atoms with Gasteiger partial charge in [-0.3, -0.25) is 4.79 Å². The smallest absolute Gasteiger partial charge is 0.229 e. The van der Waals surface area contributed by atoms with Gasteiger partial charge in [-0.05, 0) is 34.5 Å². The molecule has 0 aliphatic heterocycles. The first-order valence-corrected chi connectivity index (χ1v) is 5.59. The van der Waals surface area contributed by atoms with E-state index >= 15 is 0 Å². The largest absolute Gasteiger partial charge is 0.330 e. The van der Waals surface area contributed by atoms with E-state index in [-0.39, 0.29) is 11.8 Å². The molecule has 82 valence electrons. The van der Waals surface area contributed by atoms with Crippen LogP contribution < -0.4 is 11.1 Å². The number of aromatic nitrogens is 1. The van der Waals surface area contributed by atoms with Crippen molar-refractivity contribution in [2.75, 3.05) is 11.9 Å². The first kappa shape index (κ1) is 12.1. The monoisotopic (exact) mass is 271 g/mol. The Morgan fingerprint density at radius 1 is 1.67 bits per heavy atom. The average Bonchev–Trinajstić information content (AvgIpc) is 2.23. The minimum absolute atomic E-state index is 0.0742. The van der Waals surface area contributed by atoms with Gasteiger partial charge in [0.05, 0.1) is 5.92 Å². The molecule has 1 unspecified atom stereocenters. The van der Waals surface area contributed by atoms with Crippen molar-refractivity contribution >= 4 is 27.7 Å². The summed E-state index contributed by atoms with van der Waals surface area (Å²) in [6.45, 7) is 2.30. The molecule has 5 heteroatoms. The third kappa shape index (κ3) is 3.60. The molecule has 0 fully saturated rings. The second-order valence-corrected chi connectivity index (χ2v) is 4.11. The highest BCUT2D eigenvalue weighted by molar-refractivity contribution is 9.10. The Labute approximate surface area is 97.4 Å². The number of nitrogens with zero attached hydrogens (tertiary/aromatic N) is 1. The molecule has 0 radical (unpaired) electrons. The van der Waals surface area contributed by atoms with E-state index in [0.29, 0.717) is 12.4 Å². The molecule has 4 nitrogen and oxygen atoms in total. The molecular weight excluding hydrogens is 258 g/mol. The van der Waals surface area contributed by atoms with Crippen LogP contribution in [-0.4, -0.2) is 17.4 Å². The highest BCUT2D eigenvalue weighted by Gasteiger charge is 2.14. The maximum absolute atomic E-state index is 11.6. The van der Waals surface area contributed by atoms with Gasteiger partial charge in [-0.1, -0.05) is 6.92 Å². The molecule has 0 aliphatic carbocycles. The Kier molecular flexibility index (Phi) is 4.71. The Hall–Kier alpha value is -0.940. The molecule has 0 aromatic carbocycles. The van der Waals surface area contributed by atoms with Crippen molar-refractivity contribution in [2.24, 2.45) is 11.7 Å². The maximum Gasteiger partial charge on any atom is 0.229 e. The summed E-state index contributed by atoms with van der Waals surface area (Å²) >= 11 is 3.27. The Morgan fingerprint density at radius 3 is 2.87 bits per heavy atom. The van der Waals surface area contributed by atoms with Gasteiger partial charge >= 0.3 is 0 Å². The van der Waals surface area contributed by atoms with E-state index in [1.54, 1.807) is 12.3 Å². The van der Waals surface area contributed by atoms with Crippen LogP contribution in [0.1, 0.15) is 13.3 Å². The predicted molar refractivity (Wildman–Crippen MR) is 63.4 cm³/mol. The normalized spacial score (nSPS) is 12.2. The molecule has 1 rings (SSSR count). The van der Waals surface area contributed by atoms with Gasteiger partial charge < -0.3 is 11.1 Å². The molecule has 1 amide bonds. The maximum atomic E-state index is 11.6. The van der Waals surface area contributed by atoms with Gasteiger partial charge in [0.25, 0.3) is 0 Å². The number of rotatable bonds is 4. The summed E-state index contributed by atoms with van der Waals surface area (Å²) < 4.78 is 0.881. The lowest BCUT2D eigenvalue weighted by atomic mass is 10.1. The standard InChI is InChI=1S/C10H14BrN3O/c1-2-7(5-12)10(15)14-9-4-3-8(11)6-13-9/h3-4,6-7H,2,5,12H2,1H3,(H,13,14,15). The molecule has 0 saturated heterocycles. The van der Waals surface area contributed by atoms with E-state index in [1.807, 2.05) is 13.0 Å². The molecule has 15 heavy (non-hydrogen) atoms. The average molecular weight is 272 g/mol. The topological polar surface area (TPSA) is 68.0 Å². The van der Waals surface area contributed by atoms with E-state index in [2.05, 4.69) is 26.2 Å². The Morgan fingerprint density at radius 2 is 2.40 bits per heavy atom. The molecule has 3 N–H and O–H groups in total. The molecule has 1 atom stereocenters. The summed E-state index contributed by atoms with van der Waals surface area (Å²) in [5.74, 6) is 0.334. The van der Waals surface area contributed by atoms with Gasteiger partial charge in [0.15, 0.2) is 0 Å². The quantitative estimate of drug-likeness (QED) is 0.877. The van der Waals surface area contributed by atoms with Crippen LogP contribution in [0, 0.1) is 5.92 Å². The Balaban J connectivity index is 2.61. The molecule has 0 saturated carbocycles. The van der Waals surface area contributed by atoms with Gasteiger partial charge in [-0.15, -0.1) is 0 Å². The number of nitrogens with one attached hydrogen (secondary N) is 1. The van der Waals surface area contributed by atoms with Crippen molar-refractivity contribution in [1.29, 1.82) is 0 Å². The fourth-order valence-corrected chi connectivity index (χ4v) is 1.37. The van der Waals surface area contributed by atoms with Crippen LogP contribution >= 0.6 is 15.9 Å². The van der Waals surface area contributed by atoms with Gasteiger partial charge in [0.2, 0.25) is 5.91 Å². The lowest BCUT2D eigenvalue weighted by Gasteiger charge is -2.11. The van der Waals surface area contributed by atoms with Crippen molar-refractivity contribution < 1.29 is 4.79 Å². The van der Waals surface area contributed by atoms with E-state index in [9.17, 15) is 4.79 Å². The number of carbonyl (C=O) groups is 1. The van der Waals surface area contributed by atoms with Crippen LogP contribution in [-0.2, 0) is 4.79 Å². The molecule has 0 aliphatic rings. The first-order valence-electron chi connectivity index (χ1n) is 4.79. The van der Waals surface area contributed by atoms with Gasteiger partial charge in [0.1, 0.15) is 5.82 Å². The van der Waals surface area contributed by atoms with E-state index in [4.69, 9.17) is 5.73 Å². The summed E-state index contributed by atoms with van der Waals surface area (Å²) in [5, 5.41) is 2.72. The van der Waals surface area contributed by atoms with E-state index in [1.165, 1.54) is 0 Å². The number of hydrogen-bond acceptors (Lipinski definition) is 3. The minimum Gasteiger partial charge on any atom is -0.330 e. The number of nitrogens with two attached hydrogens (primary N) is 1. The zero-order valence-corrected chi connectivity index (χ0v) is 10.1. The lowest BCUT2D eigenvalue weighted by Crippen LogP contribution is -2.28. The molecule has 0 spiro atoms. The fraction of sp³-hybridized carbons (Fsp3) is 0.400. The zero-order chi connectivity index (χ0) is 11.3. The zero-order valence-electron chi connectivity index (χ0n) is 8.53. The Bertz CT molecular complexity index is 322. The number of anilines is 1. The van der Waals surface area contributed by atoms with Gasteiger partial charge in [-0.25, -0.2) is 4.98 Å². The van der Waals surface area contributed by atoms with Gasteiger partial charge in [-0.2, -0.15) is 0 Å². The van der Waals surface area contributed by atoms with Crippen molar-refractivity contribution in [2.45, 2.75) is 13.3 Å². The lowest BCUT2D eigenvalue weighted by molar-refractivity contribution is -0.119. The first-order chi connectivity index (χ1) is 7.17. The van der Waals surface area contributed by atoms with Crippen molar-refractivity contribution in [3.63, 3.8) is 0 Å². The summed E-state index contributed by atoms with van der Waals surface area (Å²) in [7, 11) is 0. The van der Waals surface area contributed by atoms with Crippen LogP contribution in [0.4, 0.5) is 5.82 Å². The molecule has 1 heterocycles. The van der Waals surface area contributed by atoms with E-state index < -0.39 is 0 Å². The fourth-order valence-electron chi connectivity index (χ4n) is 1.14. The number of hydrogen-bond donors (Lipinski definition) is 2. The summed E-state index contributed by atoms with van der Waals surface area (Å²) in [5.41, 5.74) is 5.47. The second kappa shape index (κ2) is 5.82. The van der Waals surface area contributed by atoms with Crippen LogP contribution in [0.15, 0.2) is 22.8 Å². The second-order valence-electron chi connectivity index (χ2n) is 3.19. The summed E-state index contributed by atoms with van der Waals surface area (Å²) in [6.07, 6.45) is 2.37. The summed E-state index contributed by atoms with van der Waals surface area (Å²) in [4.78, 5) is 15.7. The van der Waals surface area contributed by atoms with Gasteiger partial charge in [0, 0.05) is 17.2 Å². The van der Waals surface area contributed by atoms with Crippen molar-refractivity contribution in [1.82, 2.24) is 4.98 Å². The number of pyridine rings is 1. The number of carbonyl (C=O) groups excluding carboxylic acids is 1. The predicted octanol–water partition coefficient (Wildman–Crippen LogP) is 1.77. The highest BCUT2D eigenvalue weighted by atomic mass is 79.9. The van der Waals surface area contributed by atoms with Crippen LogP contribution in [0.2, 0.25) is 0 Å². The van der Waals surface area contributed by atoms with Crippen LogP contribution in [0.25, 0.3) is 0 Å². The van der Waals surface area contributed by atoms with E-state index in [0.717, 1.165) is 10.9 Å². The number of amides is 1. The summed E-state index contributed by atoms with van der Waals surface area (Å²) in [6, 6.07) is 3.57. The van der Waals surface area contributed by atoms with Crippen LogP contribution in [0.3, 0.4) is 0 Å².